The average Bonchev–Trinajstić information content (AvgIpc) is 2.88. The number of carbonyl (C=O) groups is 2. The van der Waals surface area contributed by atoms with Crippen LogP contribution in [0.25, 0.3) is 0 Å². The molecule has 7 heteroatoms. The van der Waals surface area contributed by atoms with Gasteiger partial charge in [0, 0.05) is 13.1 Å². The minimum Gasteiger partial charge on any atom is -0.445 e. The highest BCUT2D eigenvalue weighted by molar-refractivity contribution is 5.96. The first-order valence-electron chi connectivity index (χ1n) is 8.15. The van der Waals surface area contributed by atoms with Crippen molar-refractivity contribution in [2.75, 3.05) is 5.32 Å². The molecular weight excluding hydrogens is 320 g/mol. The van der Waals surface area contributed by atoms with Crippen LogP contribution < -0.4 is 10.6 Å². The van der Waals surface area contributed by atoms with Crippen molar-refractivity contribution in [3.63, 3.8) is 0 Å². The molecule has 0 aliphatic carbocycles. The first-order chi connectivity index (χ1) is 11.9. The van der Waals surface area contributed by atoms with Gasteiger partial charge in [0.05, 0.1) is 5.69 Å². The van der Waals surface area contributed by atoms with Crippen molar-refractivity contribution in [3.05, 3.63) is 47.7 Å². The zero-order chi connectivity index (χ0) is 18.4. The number of hydrogen-bond acceptors (Lipinski definition) is 4. The summed E-state index contributed by atoms with van der Waals surface area (Å²) in [5, 5.41) is 9.60. The van der Waals surface area contributed by atoms with Gasteiger partial charge in [-0.3, -0.25) is 9.48 Å². The Morgan fingerprint density at radius 3 is 2.48 bits per heavy atom. The van der Waals surface area contributed by atoms with Crippen LogP contribution in [0.1, 0.15) is 25.1 Å². The van der Waals surface area contributed by atoms with Gasteiger partial charge in [0.2, 0.25) is 5.91 Å². The number of rotatable bonds is 6. The smallest absolute Gasteiger partial charge is 0.408 e. The van der Waals surface area contributed by atoms with E-state index in [1.54, 1.807) is 17.8 Å². The number of hydrogen-bond donors (Lipinski definition) is 2. The Bertz CT molecular complexity index is 725. The van der Waals surface area contributed by atoms with E-state index in [2.05, 4.69) is 15.7 Å². The fourth-order valence-corrected chi connectivity index (χ4v) is 2.36. The molecule has 0 saturated heterocycles. The third-order valence-electron chi connectivity index (χ3n) is 3.69. The molecule has 0 radical (unpaired) electrons. The van der Waals surface area contributed by atoms with Crippen molar-refractivity contribution in [2.24, 2.45) is 13.0 Å². The molecule has 0 spiro atoms. The molecule has 25 heavy (non-hydrogen) atoms. The van der Waals surface area contributed by atoms with Gasteiger partial charge in [-0.1, -0.05) is 44.2 Å². The van der Waals surface area contributed by atoms with Gasteiger partial charge in [-0.05, 0) is 18.4 Å². The summed E-state index contributed by atoms with van der Waals surface area (Å²) < 4.78 is 6.77. The lowest BCUT2D eigenvalue weighted by atomic mass is 10.0. The topological polar surface area (TPSA) is 85.3 Å². The Kier molecular flexibility index (Phi) is 6.16. The largest absolute Gasteiger partial charge is 0.445 e. The fourth-order valence-electron chi connectivity index (χ4n) is 2.36. The zero-order valence-electron chi connectivity index (χ0n) is 14.9. The Balaban J connectivity index is 1.94. The minimum absolute atomic E-state index is 0.0985. The molecule has 2 N–H and O–H groups in total. The number of anilines is 1. The number of amides is 2. The molecule has 2 rings (SSSR count). The van der Waals surface area contributed by atoms with Crippen LogP contribution in [0, 0.1) is 12.8 Å². The Morgan fingerprint density at radius 1 is 1.24 bits per heavy atom. The van der Waals surface area contributed by atoms with Gasteiger partial charge in [0.1, 0.15) is 18.5 Å². The van der Waals surface area contributed by atoms with E-state index in [9.17, 15) is 9.59 Å². The number of ether oxygens (including phenoxy) is 1. The predicted molar refractivity (Wildman–Crippen MR) is 95.0 cm³/mol. The van der Waals surface area contributed by atoms with Gasteiger partial charge in [0.15, 0.2) is 0 Å². The monoisotopic (exact) mass is 344 g/mol. The first kappa shape index (κ1) is 18.5. The predicted octanol–water partition coefficient (Wildman–Crippen LogP) is 2.62. The number of nitrogens with one attached hydrogen (secondary N) is 2. The number of aryl methyl sites for hydroxylation is 2. The second-order valence-electron chi connectivity index (χ2n) is 6.21. The van der Waals surface area contributed by atoms with Crippen LogP contribution in [0.5, 0.6) is 0 Å². The SMILES string of the molecule is Cc1cc(NC(=O)[C@@H](NC(=O)OCc2ccccc2)C(C)C)n(C)n1. The number of aromatic nitrogens is 2. The highest BCUT2D eigenvalue weighted by Gasteiger charge is 2.25. The molecular formula is C18H24N4O3. The molecule has 0 aliphatic rings. The molecule has 1 atom stereocenters. The number of benzene rings is 1. The van der Waals surface area contributed by atoms with Crippen molar-refractivity contribution < 1.29 is 14.3 Å². The maximum absolute atomic E-state index is 12.5. The summed E-state index contributed by atoms with van der Waals surface area (Å²) in [7, 11) is 1.74. The van der Waals surface area contributed by atoms with E-state index in [0.29, 0.717) is 5.82 Å². The van der Waals surface area contributed by atoms with E-state index >= 15 is 0 Å². The van der Waals surface area contributed by atoms with E-state index in [-0.39, 0.29) is 18.4 Å². The molecule has 1 aromatic heterocycles. The quantitative estimate of drug-likeness (QED) is 0.843. The molecule has 0 aliphatic heterocycles. The third-order valence-corrected chi connectivity index (χ3v) is 3.69. The highest BCUT2D eigenvalue weighted by Crippen LogP contribution is 2.11. The van der Waals surface area contributed by atoms with Crippen molar-refractivity contribution in [1.29, 1.82) is 0 Å². The molecule has 7 nitrogen and oxygen atoms in total. The van der Waals surface area contributed by atoms with Crippen LogP contribution >= 0.6 is 0 Å². The first-order valence-corrected chi connectivity index (χ1v) is 8.15. The number of alkyl carbamates (subject to hydrolysis) is 1. The molecule has 0 bridgehead atoms. The van der Waals surface area contributed by atoms with Crippen LogP contribution in [0.4, 0.5) is 10.6 Å². The van der Waals surface area contributed by atoms with E-state index < -0.39 is 12.1 Å². The summed E-state index contributed by atoms with van der Waals surface area (Å²) >= 11 is 0. The van der Waals surface area contributed by atoms with Crippen LogP contribution in [0.15, 0.2) is 36.4 Å². The van der Waals surface area contributed by atoms with E-state index in [1.807, 2.05) is 51.1 Å². The normalized spacial score (nSPS) is 11.9. The van der Waals surface area contributed by atoms with E-state index in [1.165, 1.54) is 0 Å². The maximum Gasteiger partial charge on any atom is 0.408 e. The van der Waals surface area contributed by atoms with Gasteiger partial charge in [0.25, 0.3) is 0 Å². The lowest BCUT2D eigenvalue weighted by molar-refractivity contribution is -0.119. The summed E-state index contributed by atoms with van der Waals surface area (Å²) in [5.74, 6) is 0.167. The van der Waals surface area contributed by atoms with Gasteiger partial charge < -0.3 is 15.4 Å². The van der Waals surface area contributed by atoms with Crippen LogP contribution in [0.3, 0.4) is 0 Å². The summed E-state index contributed by atoms with van der Waals surface area (Å²) in [4.78, 5) is 24.5. The molecule has 134 valence electrons. The van der Waals surface area contributed by atoms with E-state index in [0.717, 1.165) is 11.3 Å². The lowest BCUT2D eigenvalue weighted by Gasteiger charge is -2.21. The van der Waals surface area contributed by atoms with Crippen molar-refractivity contribution >= 4 is 17.8 Å². The fraction of sp³-hybridized carbons (Fsp3) is 0.389. The van der Waals surface area contributed by atoms with E-state index in [4.69, 9.17) is 4.74 Å². The number of carbonyl (C=O) groups excluding carboxylic acids is 2. The van der Waals surface area contributed by atoms with Crippen molar-refractivity contribution in [3.8, 4) is 0 Å². The third kappa shape index (κ3) is 5.34. The lowest BCUT2D eigenvalue weighted by Crippen LogP contribution is -2.47. The average molecular weight is 344 g/mol. The van der Waals surface area contributed by atoms with Crippen LogP contribution in [-0.4, -0.2) is 27.8 Å². The zero-order valence-corrected chi connectivity index (χ0v) is 14.9. The Morgan fingerprint density at radius 2 is 1.92 bits per heavy atom. The summed E-state index contributed by atoms with van der Waals surface area (Å²) in [6.45, 7) is 5.71. The molecule has 0 unspecified atom stereocenters. The Labute approximate surface area is 147 Å². The van der Waals surface area contributed by atoms with Gasteiger partial charge in [-0.25, -0.2) is 4.79 Å². The second kappa shape index (κ2) is 8.32. The minimum atomic E-state index is -0.710. The van der Waals surface area contributed by atoms with Crippen molar-refractivity contribution in [2.45, 2.75) is 33.4 Å². The standard InChI is InChI=1S/C18H24N4O3/c1-12(2)16(17(23)19-15-10-13(3)21-22(15)4)20-18(24)25-11-14-8-6-5-7-9-14/h5-10,12,16H,11H2,1-4H3,(H,19,23)(H,20,24)/t16-/m0/s1. The van der Waals surface area contributed by atoms with Gasteiger partial charge in [-0.2, -0.15) is 5.10 Å². The number of nitrogens with zero attached hydrogens (tertiary/aromatic N) is 2. The van der Waals surface area contributed by atoms with Gasteiger partial charge in [-0.15, -0.1) is 0 Å². The molecule has 0 fully saturated rings. The van der Waals surface area contributed by atoms with Gasteiger partial charge >= 0.3 is 6.09 Å². The molecule has 2 aromatic rings. The molecule has 1 heterocycles. The molecule has 1 aromatic carbocycles. The summed E-state index contributed by atoms with van der Waals surface area (Å²) in [6, 6.07) is 10.4. The molecule has 2 amide bonds. The highest BCUT2D eigenvalue weighted by atomic mass is 16.5. The van der Waals surface area contributed by atoms with Crippen LogP contribution in [-0.2, 0) is 23.2 Å². The maximum atomic E-state index is 12.5. The Hall–Kier alpha value is -2.83. The summed E-state index contributed by atoms with van der Waals surface area (Å²) in [6.07, 6.45) is -0.626. The molecule has 0 saturated carbocycles. The second-order valence-corrected chi connectivity index (χ2v) is 6.21. The van der Waals surface area contributed by atoms with Crippen LogP contribution in [0.2, 0.25) is 0 Å². The van der Waals surface area contributed by atoms with Crippen molar-refractivity contribution in [1.82, 2.24) is 15.1 Å². The summed E-state index contributed by atoms with van der Waals surface area (Å²) in [5.41, 5.74) is 1.68.